The summed E-state index contributed by atoms with van der Waals surface area (Å²) in [6.07, 6.45) is 4.76. The van der Waals surface area contributed by atoms with Crippen LogP contribution in [0.5, 0.6) is 5.75 Å². The molecule has 0 bridgehead atoms. The molecule has 0 aliphatic carbocycles. The van der Waals surface area contributed by atoms with Gasteiger partial charge < -0.3 is 24.7 Å². The molecule has 2 N–H and O–H groups in total. The molecule has 1 saturated heterocycles. The minimum atomic E-state index is -1.26. The monoisotopic (exact) mass is 548 g/mol. The van der Waals surface area contributed by atoms with Crippen molar-refractivity contribution < 1.29 is 29.3 Å². The second kappa shape index (κ2) is 13.5. The molecular weight excluding hydrogens is 519 g/mol. The topological polar surface area (TPSA) is 107 Å². The zero-order valence-corrected chi connectivity index (χ0v) is 22.0. The molecule has 1 amide bonds. The summed E-state index contributed by atoms with van der Waals surface area (Å²) < 4.78 is 5.41. The van der Waals surface area contributed by atoms with Crippen molar-refractivity contribution in [2.45, 2.75) is 31.7 Å². The first kappa shape index (κ1) is 28.5. The molecule has 2 aliphatic heterocycles. The summed E-state index contributed by atoms with van der Waals surface area (Å²) in [5.41, 5.74) is 3.42. The van der Waals surface area contributed by atoms with Gasteiger partial charge in [0.05, 0.1) is 29.6 Å². The number of methoxy groups -OCH3 is 1. The van der Waals surface area contributed by atoms with Gasteiger partial charge in [0.2, 0.25) is 5.91 Å². The average Bonchev–Trinajstić information content (AvgIpc) is 3.38. The Morgan fingerprint density at radius 3 is 2.24 bits per heavy atom. The summed E-state index contributed by atoms with van der Waals surface area (Å²) in [4.78, 5) is 36.9. The zero-order valence-electron chi connectivity index (χ0n) is 20.5. The first-order valence-corrected chi connectivity index (χ1v) is 12.7. The van der Waals surface area contributed by atoms with E-state index in [0.29, 0.717) is 28.6 Å². The van der Waals surface area contributed by atoms with Crippen molar-refractivity contribution in [2.75, 3.05) is 33.3 Å². The lowest BCUT2D eigenvalue weighted by Crippen LogP contribution is -2.45. The van der Waals surface area contributed by atoms with Crippen molar-refractivity contribution in [1.82, 2.24) is 9.80 Å². The summed E-state index contributed by atoms with van der Waals surface area (Å²) >= 11 is 12.2. The van der Waals surface area contributed by atoms with Gasteiger partial charge in [-0.15, -0.1) is 0 Å². The van der Waals surface area contributed by atoms with Crippen LogP contribution in [0.3, 0.4) is 0 Å². The number of hydrogen-bond donors (Lipinski definition) is 2. The Balaban J connectivity index is 0.000000414. The van der Waals surface area contributed by atoms with Gasteiger partial charge in [0.15, 0.2) is 0 Å². The van der Waals surface area contributed by atoms with Crippen LogP contribution in [0.15, 0.2) is 48.6 Å². The maximum absolute atomic E-state index is 13.3. The van der Waals surface area contributed by atoms with E-state index >= 15 is 0 Å². The molecule has 1 fully saturated rings. The third-order valence-electron chi connectivity index (χ3n) is 6.37. The van der Waals surface area contributed by atoms with Crippen molar-refractivity contribution in [3.8, 4) is 5.75 Å². The van der Waals surface area contributed by atoms with Crippen LogP contribution in [0.2, 0.25) is 10.0 Å². The van der Waals surface area contributed by atoms with Crippen LogP contribution in [0.4, 0.5) is 0 Å². The van der Waals surface area contributed by atoms with E-state index in [9.17, 15) is 14.4 Å². The fraction of sp³-hybridized carbons (Fsp3) is 0.370. The number of hydrogen-bond acceptors (Lipinski definition) is 5. The SMILES string of the molecule is COc1ccc2c(c1)CCN(C(=O)Cc1ccc(Cl)c(Cl)c1)C2CN1CCCC1.O=C(O)/C=C\C(=O)O. The third-order valence-corrected chi connectivity index (χ3v) is 7.10. The van der Waals surface area contributed by atoms with Crippen molar-refractivity contribution in [2.24, 2.45) is 0 Å². The van der Waals surface area contributed by atoms with Gasteiger partial charge in [-0.05, 0) is 73.3 Å². The van der Waals surface area contributed by atoms with Crippen molar-refractivity contribution >= 4 is 41.0 Å². The van der Waals surface area contributed by atoms with E-state index in [4.69, 9.17) is 38.2 Å². The molecule has 198 valence electrons. The molecule has 37 heavy (non-hydrogen) atoms. The summed E-state index contributed by atoms with van der Waals surface area (Å²) in [5.74, 6) is -1.51. The second-order valence-corrected chi connectivity index (χ2v) is 9.67. The van der Waals surface area contributed by atoms with E-state index in [2.05, 4.69) is 21.9 Å². The number of likely N-dealkylation sites (tertiary alicyclic amines) is 1. The minimum Gasteiger partial charge on any atom is -0.497 e. The molecule has 10 heteroatoms. The highest BCUT2D eigenvalue weighted by Gasteiger charge is 2.33. The number of fused-ring (bicyclic) bond motifs is 1. The van der Waals surface area contributed by atoms with Gasteiger partial charge in [-0.25, -0.2) is 9.59 Å². The van der Waals surface area contributed by atoms with Crippen LogP contribution in [-0.2, 0) is 27.2 Å². The Morgan fingerprint density at radius 2 is 1.65 bits per heavy atom. The number of carboxylic acid groups (broad SMARTS) is 2. The molecule has 1 unspecified atom stereocenters. The number of benzene rings is 2. The van der Waals surface area contributed by atoms with Crippen LogP contribution in [0.1, 0.15) is 35.6 Å². The Kier molecular flexibility index (Phi) is 10.4. The number of rotatable bonds is 7. The van der Waals surface area contributed by atoms with Crippen molar-refractivity contribution in [3.05, 3.63) is 75.3 Å². The van der Waals surface area contributed by atoms with E-state index in [-0.39, 0.29) is 11.9 Å². The number of nitrogens with zero attached hydrogens (tertiary/aromatic N) is 2. The summed E-state index contributed by atoms with van der Waals surface area (Å²) in [5, 5.41) is 16.6. The highest BCUT2D eigenvalue weighted by molar-refractivity contribution is 6.42. The number of carbonyl (C=O) groups is 3. The van der Waals surface area contributed by atoms with Crippen LogP contribution >= 0.6 is 23.2 Å². The maximum Gasteiger partial charge on any atom is 0.328 e. The lowest BCUT2D eigenvalue weighted by molar-refractivity contribution is -0.134. The molecule has 0 spiro atoms. The molecular formula is C27H30Cl2N2O6. The molecule has 2 aromatic rings. The third kappa shape index (κ3) is 8.21. The minimum absolute atomic E-state index is 0.0676. The van der Waals surface area contributed by atoms with E-state index in [1.807, 2.05) is 12.1 Å². The van der Waals surface area contributed by atoms with E-state index in [1.54, 1.807) is 19.2 Å². The first-order chi connectivity index (χ1) is 17.7. The van der Waals surface area contributed by atoms with Crippen molar-refractivity contribution in [1.29, 1.82) is 0 Å². The Morgan fingerprint density at radius 1 is 0.973 bits per heavy atom. The van der Waals surface area contributed by atoms with E-state index in [0.717, 1.165) is 43.9 Å². The molecule has 8 nitrogen and oxygen atoms in total. The number of halogens is 2. The number of ether oxygens (including phenoxy) is 1. The fourth-order valence-electron chi connectivity index (χ4n) is 4.59. The first-order valence-electron chi connectivity index (χ1n) is 11.9. The highest BCUT2D eigenvalue weighted by atomic mass is 35.5. The van der Waals surface area contributed by atoms with Crippen LogP contribution in [0, 0.1) is 0 Å². The predicted octanol–water partition coefficient (Wildman–Crippen LogP) is 4.48. The van der Waals surface area contributed by atoms with Gasteiger partial charge in [0.25, 0.3) is 0 Å². The molecule has 0 radical (unpaired) electrons. The predicted molar refractivity (Wildman–Crippen MR) is 141 cm³/mol. The van der Waals surface area contributed by atoms with Crippen LogP contribution in [-0.4, -0.2) is 71.1 Å². The second-order valence-electron chi connectivity index (χ2n) is 8.86. The molecule has 2 heterocycles. The lowest BCUT2D eigenvalue weighted by atomic mass is 9.91. The van der Waals surface area contributed by atoms with E-state index in [1.165, 1.54) is 24.0 Å². The molecule has 2 aliphatic rings. The summed E-state index contributed by atoms with van der Waals surface area (Å²) in [6, 6.07) is 11.7. The Bertz CT molecular complexity index is 1150. The van der Waals surface area contributed by atoms with Gasteiger partial charge >= 0.3 is 11.9 Å². The van der Waals surface area contributed by atoms with Crippen LogP contribution < -0.4 is 4.74 Å². The zero-order chi connectivity index (χ0) is 26.9. The van der Waals surface area contributed by atoms with Crippen molar-refractivity contribution in [3.63, 3.8) is 0 Å². The largest absolute Gasteiger partial charge is 0.497 e. The normalized spacial score (nSPS) is 17.2. The van der Waals surface area contributed by atoms with E-state index < -0.39 is 11.9 Å². The molecule has 0 saturated carbocycles. The van der Waals surface area contributed by atoms with Gasteiger partial charge in [-0.1, -0.05) is 35.3 Å². The standard InChI is InChI=1S/C23H26Cl2N2O2.C4H4O4/c1-29-18-5-6-19-17(14-18)8-11-27(22(19)15-26-9-2-3-10-26)23(28)13-16-4-7-20(24)21(25)12-16;5-3(6)1-2-4(7)8/h4-7,12,14,22H,2-3,8-11,13,15H2,1H3;1-2H,(H,5,6)(H,7,8)/b;2-1-. The Labute approximate surface area is 226 Å². The molecule has 4 rings (SSSR count). The fourth-order valence-corrected chi connectivity index (χ4v) is 4.91. The number of carboxylic acids is 2. The smallest absolute Gasteiger partial charge is 0.328 e. The molecule has 2 aromatic carbocycles. The van der Waals surface area contributed by atoms with Crippen LogP contribution in [0.25, 0.3) is 0 Å². The Hall–Kier alpha value is -3.07. The van der Waals surface area contributed by atoms with Gasteiger partial charge in [0.1, 0.15) is 5.75 Å². The highest BCUT2D eigenvalue weighted by Crippen LogP contribution is 2.34. The molecule has 0 aromatic heterocycles. The number of amides is 1. The summed E-state index contributed by atoms with van der Waals surface area (Å²) in [7, 11) is 1.69. The van der Waals surface area contributed by atoms with Gasteiger partial charge in [-0.3, -0.25) is 4.79 Å². The number of carbonyl (C=O) groups excluding carboxylic acids is 1. The lowest BCUT2D eigenvalue weighted by Gasteiger charge is -2.39. The quantitative estimate of drug-likeness (QED) is 0.491. The van der Waals surface area contributed by atoms with Gasteiger partial charge in [0, 0.05) is 25.2 Å². The van der Waals surface area contributed by atoms with Gasteiger partial charge in [-0.2, -0.15) is 0 Å². The molecule has 1 atom stereocenters. The number of aliphatic carboxylic acids is 2. The summed E-state index contributed by atoms with van der Waals surface area (Å²) in [6.45, 7) is 3.82. The average molecular weight is 549 g/mol. The maximum atomic E-state index is 13.3.